The largest absolute Gasteiger partial charge is 0.493 e. The molecule has 3 rings (SSSR count). The number of alkyl halides is 3. The van der Waals surface area contributed by atoms with Crippen LogP contribution < -0.4 is 9.47 Å². The summed E-state index contributed by atoms with van der Waals surface area (Å²) in [6.45, 7) is -0.782. The molecule has 0 saturated heterocycles. The van der Waals surface area contributed by atoms with Gasteiger partial charge in [0.25, 0.3) is 11.6 Å². The fraction of sp³-hybridized carbons (Fsp3) is 0.263. The van der Waals surface area contributed by atoms with E-state index in [0.29, 0.717) is 16.3 Å². The number of hydrazone groups is 1. The highest BCUT2D eigenvalue weighted by molar-refractivity contribution is 6.30. The maximum atomic E-state index is 13.6. The second-order valence-electron chi connectivity index (χ2n) is 6.19. The molecule has 0 aromatic heterocycles. The molecule has 1 unspecified atom stereocenters. The minimum absolute atomic E-state index is 0.0202. The Kier molecular flexibility index (Phi) is 5.72. The Morgan fingerprint density at radius 2 is 1.83 bits per heavy atom. The van der Waals surface area contributed by atoms with Crippen LogP contribution in [0.4, 0.5) is 13.2 Å². The van der Waals surface area contributed by atoms with E-state index in [0.717, 1.165) is 0 Å². The van der Waals surface area contributed by atoms with Crippen molar-refractivity contribution in [2.75, 3.05) is 13.7 Å². The minimum atomic E-state index is -5.13. The van der Waals surface area contributed by atoms with Gasteiger partial charge in [0.1, 0.15) is 0 Å². The Bertz CT molecular complexity index is 934. The number of rotatable bonds is 5. The summed E-state index contributed by atoms with van der Waals surface area (Å²) in [7, 11) is 1.38. The molecule has 1 aliphatic heterocycles. The third kappa shape index (κ3) is 4.15. The molecule has 0 radical (unpaired) electrons. The molecule has 1 atom stereocenters. The van der Waals surface area contributed by atoms with Gasteiger partial charge in [-0.3, -0.25) is 4.79 Å². The summed E-state index contributed by atoms with van der Waals surface area (Å²) in [5.74, 6) is -0.696. The number of carbonyl (C=O) groups is 1. The van der Waals surface area contributed by atoms with Gasteiger partial charge in [-0.1, -0.05) is 35.9 Å². The number of halogens is 4. The normalized spacial score (nSPS) is 19.1. The van der Waals surface area contributed by atoms with E-state index in [-0.39, 0.29) is 16.5 Å². The van der Waals surface area contributed by atoms with Gasteiger partial charge in [-0.15, -0.1) is 0 Å². The predicted octanol–water partition coefficient (Wildman–Crippen LogP) is 3.61. The molecule has 0 saturated carbocycles. The Balaban J connectivity index is 1.86. The molecule has 6 nitrogen and oxygen atoms in total. The maximum Gasteiger partial charge on any atom is 0.438 e. The van der Waals surface area contributed by atoms with Crippen LogP contribution in [0.2, 0.25) is 5.02 Å². The van der Waals surface area contributed by atoms with Crippen LogP contribution >= 0.6 is 11.6 Å². The van der Waals surface area contributed by atoms with Crippen LogP contribution in [-0.2, 0) is 4.79 Å². The zero-order valence-corrected chi connectivity index (χ0v) is 15.9. The fourth-order valence-corrected chi connectivity index (χ4v) is 2.90. The Morgan fingerprint density at radius 3 is 2.41 bits per heavy atom. The number of aliphatic hydroxyl groups is 1. The lowest BCUT2D eigenvalue weighted by molar-refractivity contribution is -0.302. The van der Waals surface area contributed by atoms with Gasteiger partial charge in [-0.05, 0) is 29.8 Å². The Morgan fingerprint density at radius 1 is 1.21 bits per heavy atom. The van der Waals surface area contributed by atoms with Crippen molar-refractivity contribution in [3.63, 3.8) is 0 Å². The highest BCUT2D eigenvalue weighted by Crippen LogP contribution is 2.41. The SMILES string of the molecule is COc1ccccc1OCC(=O)N1N=C(c2ccc(Cl)cc2)CC1(O)C(F)(F)F. The number of hydrogen-bond donors (Lipinski definition) is 1. The number of benzene rings is 2. The Labute approximate surface area is 169 Å². The van der Waals surface area contributed by atoms with Crippen molar-refractivity contribution in [2.24, 2.45) is 5.10 Å². The molecule has 0 fully saturated rings. The number of para-hydroxylation sites is 2. The van der Waals surface area contributed by atoms with Crippen LogP contribution in [0.3, 0.4) is 0 Å². The molecule has 0 spiro atoms. The predicted molar refractivity (Wildman–Crippen MR) is 98.9 cm³/mol. The lowest BCUT2D eigenvalue weighted by Crippen LogP contribution is -2.57. The van der Waals surface area contributed by atoms with E-state index in [1.54, 1.807) is 18.2 Å². The van der Waals surface area contributed by atoms with Crippen molar-refractivity contribution in [2.45, 2.75) is 18.3 Å². The third-order valence-electron chi connectivity index (χ3n) is 4.27. The molecule has 1 aliphatic rings. The van der Waals surface area contributed by atoms with Crippen LogP contribution in [0, 0.1) is 0 Å². The van der Waals surface area contributed by atoms with E-state index in [2.05, 4.69) is 5.10 Å². The van der Waals surface area contributed by atoms with Crippen LogP contribution in [0.5, 0.6) is 11.5 Å². The molecule has 29 heavy (non-hydrogen) atoms. The minimum Gasteiger partial charge on any atom is -0.493 e. The third-order valence-corrected chi connectivity index (χ3v) is 4.52. The maximum absolute atomic E-state index is 13.6. The van der Waals surface area contributed by atoms with Crippen LogP contribution in [0.25, 0.3) is 0 Å². The van der Waals surface area contributed by atoms with Gasteiger partial charge in [0.2, 0.25) is 0 Å². The number of ether oxygens (including phenoxy) is 2. The molecule has 0 bridgehead atoms. The van der Waals surface area contributed by atoms with Gasteiger partial charge in [0.05, 0.1) is 19.2 Å². The van der Waals surface area contributed by atoms with Gasteiger partial charge in [-0.2, -0.15) is 23.3 Å². The van der Waals surface area contributed by atoms with Crippen molar-refractivity contribution in [3.05, 3.63) is 59.1 Å². The van der Waals surface area contributed by atoms with Crippen LogP contribution in [0.15, 0.2) is 53.6 Å². The Hall–Kier alpha value is -2.78. The summed E-state index contributed by atoms with van der Waals surface area (Å²) in [6, 6.07) is 12.2. The van der Waals surface area contributed by atoms with Crippen LogP contribution in [0.1, 0.15) is 12.0 Å². The number of methoxy groups -OCH3 is 1. The first-order valence-corrected chi connectivity index (χ1v) is 8.75. The molecular formula is C19H16ClF3N2O4. The molecule has 2 aromatic rings. The fourth-order valence-electron chi connectivity index (χ4n) is 2.77. The highest BCUT2D eigenvalue weighted by Gasteiger charge is 2.63. The zero-order valence-electron chi connectivity index (χ0n) is 15.1. The van der Waals surface area contributed by atoms with E-state index in [1.807, 2.05) is 0 Å². The lowest BCUT2D eigenvalue weighted by atomic mass is 10.0. The zero-order chi connectivity index (χ0) is 21.2. The summed E-state index contributed by atoms with van der Waals surface area (Å²) < 4.78 is 51.1. The number of hydrogen-bond acceptors (Lipinski definition) is 5. The van der Waals surface area contributed by atoms with Crippen molar-refractivity contribution in [1.82, 2.24) is 5.01 Å². The molecule has 2 aromatic carbocycles. The summed E-state index contributed by atoms with van der Waals surface area (Å²) in [5, 5.41) is 14.4. The number of amides is 1. The smallest absolute Gasteiger partial charge is 0.438 e. The molecule has 1 amide bonds. The first kappa shape index (κ1) is 20.9. The van der Waals surface area contributed by atoms with Gasteiger partial charge >= 0.3 is 6.18 Å². The van der Waals surface area contributed by atoms with Crippen molar-refractivity contribution >= 4 is 23.2 Å². The molecule has 10 heteroatoms. The van der Waals surface area contributed by atoms with Gasteiger partial charge < -0.3 is 14.6 Å². The average molecular weight is 429 g/mol. The first-order valence-electron chi connectivity index (χ1n) is 8.37. The quantitative estimate of drug-likeness (QED) is 0.789. The molecule has 0 aliphatic carbocycles. The second-order valence-corrected chi connectivity index (χ2v) is 6.63. The molecule has 1 N–H and O–H groups in total. The summed E-state index contributed by atoms with van der Waals surface area (Å²) in [4.78, 5) is 12.5. The summed E-state index contributed by atoms with van der Waals surface area (Å²) in [5.41, 5.74) is -3.28. The van der Waals surface area contributed by atoms with E-state index in [4.69, 9.17) is 21.1 Å². The topological polar surface area (TPSA) is 71.4 Å². The second kappa shape index (κ2) is 7.92. The van der Waals surface area contributed by atoms with Crippen molar-refractivity contribution < 1.29 is 32.5 Å². The number of carbonyl (C=O) groups excluding carboxylic acids is 1. The summed E-state index contributed by atoms with van der Waals surface area (Å²) >= 11 is 5.79. The molecular weight excluding hydrogens is 413 g/mol. The van der Waals surface area contributed by atoms with Crippen molar-refractivity contribution in [3.8, 4) is 11.5 Å². The van der Waals surface area contributed by atoms with Gasteiger partial charge in [-0.25, -0.2) is 0 Å². The number of nitrogens with zero attached hydrogens (tertiary/aromatic N) is 2. The van der Waals surface area contributed by atoms with Crippen molar-refractivity contribution in [1.29, 1.82) is 0 Å². The lowest BCUT2D eigenvalue weighted by Gasteiger charge is -2.32. The molecule has 154 valence electrons. The van der Waals surface area contributed by atoms with Gasteiger partial charge in [0.15, 0.2) is 18.1 Å². The highest BCUT2D eigenvalue weighted by atomic mass is 35.5. The van der Waals surface area contributed by atoms with Gasteiger partial charge in [0, 0.05) is 5.02 Å². The standard InChI is InChI=1S/C19H16ClF3N2O4/c1-28-15-4-2-3-5-16(15)29-11-17(26)25-18(27,19(21,22)23)10-14(24-25)12-6-8-13(20)9-7-12/h2-9,27H,10-11H2,1H3. The average Bonchev–Trinajstić information content (AvgIpc) is 3.06. The first-order chi connectivity index (χ1) is 13.7. The van der Waals surface area contributed by atoms with E-state index in [1.165, 1.54) is 37.4 Å². The summed E-state index contributed by atoms with van der Waals surface area (Å²) in [6.07, 6.45) is -6.05. The van der Waals surface area contributed by atoms with E-state index < -0.39 is 30.8 Å². The molecule has 1 heterocycles. The monoisotopic (exact) mass is 428 g/mol. The van der Waals surface area contributed by atoms with Crippen LogP contribution in [-0.4, -0.2) is 47.4 Å². The van der Waals surface area contributed by atoms with E-state index >= 15 is 0 Å². The van der Waals surface area contributed by atoms with E-state index in [9.17, 15) is 23.1 Å².